The first-order chi connectivity index (χ1) is 6.21. The van der Waals surface area contributed by atoms with E-state index in [1.54, 1.807) is 0 Å². The Kier molecular flexibility index (Phi) is 3.20. The van der Waals surface area contributed by atoms with Crippen molar-refractivity contribution in [2.45, 2.75) is 18.1 Å². The van der Waals surface area contributed by atoms with Gasteiger partial charge in [0.05, 0.1) is 5.25 Å². The lowest BCUT2D eigenvalue weighted by molar-refractivity contribution is 0.347. The second kappa shape index (κ2) is 3.76. The Labute approximate surface area is 84.2 Å². The maximum Gasteiger partial charge on any atom is 0.276 e. The zero-order valence-corrected chi connectivity index (χ0v) is 9.51. The van der Waals surface area contributed by atoms with Crippen LogP contribution >= 0.6 is 0 Å². The lowest BCUT2D eigenvalue weighted by Gasteiger charge is -2.29. The molecule has 2 N–H and O–H groups in total. The van der Waals surface area contributed by atoms with Crippen LogP contribution in [0.5, 0.6) is 0 Å². The molecule has 1 atom stereocenters. The molecule has 1 saturated heterocycles. The summed E-state index contributed by atoms with van der Waals surface area (Å²) in [6.45, 7) is 0.294. The van der Waals surface area contributed by atoms with Crippen LogP contribution in [0.2, 0.25) is 0 Å². The first kappa shape index (κ1) is 11.9. The Balaban J connectivity index is 2.81. The molecule has 84 valence electrons. The SMILES string of the molecule is CS(=O)(=O)C1CCCN(S(N)(=O)=O)C1. The molecular weight excluding hydrogens is 228 g/mol. The fraction of sp³-hybridized carbons (Fsp3) is 1.00. The van der Waals surface area contributed by atoms with Gasteiger partial charge < -0.3 is 0 Å². The fourth-order valence-corrected chi connectivity index (χ4v) is 3.40. The van der Waals surface area contributed by atoms with Crippen molar-refractivity contribution in [3.05, 3.63) is 0 Å². The van der Waals surface area contributed by atoms with Crippen LogP contribution in [0, 0.1) is 0 Å². The van der Waals surface area contributed by atoms with E-state index in [9.17, 15) is 16.8 Å². The van der Waals surface area contributed by atoms with Crippen molar-refractivity contribution < 1.29 is 16.8 Å². The molecule has 0 aromatic carbocycles. The average Bonchev–Trinajstić information content (AvgIpc) is 2.01. The molecule has 1 heterocycles. The molecule has 0 aromatic heterocycles. The molecule has 1 rings (SSSR count). The van der Waals surface area contributed by atoms with Crippen LogP contribution in [0.25, 0.3) is 0 Å². The highest BCUT2D eigenvalue weighted by Crippen LogP contribution is 2.17. The van der Waals surface area contributed by atoms with Crippen LogP contribution < -0.4 is 5.14 Å². The molecule has 0 spiro atoms. The van der Waals surface area contributed by atoms with Gasteiger partial charge in [0, 0.05) is 19.3 Å². The number of hydrogen-bond donors (Lipinski definition) is 1. The molecule has 1 aliphatic heterocycles. The highest BCUT2D eigenvalue weighted by atomic mass is 32.2. The van der Waals surface area contributed by atoms with Gasteiger partial charge >= 0.3 is 0 Å². The molecular formula is C6H14N2O4S2. The smallest absolute Gasteiger partial charge is 0.229 e. The number of sulfone groups is 1. The Bertz CT molecular complexity index is 362. The quantitative estimate of drug-likeness (QED) is 0.650. The number of hydrogen-bond acceptors (Lipinski definition) is 4. The van der Waals surface area contributed by atoms with Gasteiger partial charge in [-0.3, -0.25) is 0 Å². The standard InChI is InChI=1S/C6H14N2O4S2/c1-13(9,10)6-3-2-4-8(5-6)14(7,11)12/h6H,2-5H2,1H3,(H2,7,11,12). The number of rotatable bonds is 2. The minimum absolute atomic E-state index is 0.0162. The zero-order valence-electron chi connectivity index (χ0n) is 7.88. The number of nitrogens with two attached hydrogens (primary N) is 1. The second-order valence-electron chi connectivity index (χ2n) is 3.50. The third kappa shape index (κ3) is 2.91. The van der Waals surface area contributed by atoms with Gasteiger partial charge in [0.2, 0.25) is 0 Å². The normalized spacial score (nSPS) is 26.3. The molecule has 8 heteroatoms. The summed E-state index contributed by atoms with van der Waals surface area (Å²) >= 11 is 0. The third-order valence-electron chi connectivity index (χ3n) is 2.31. The van der Waals surface area contributed by atoms with Gasteiger partial charge in [-0.1, -0.05) is 0 Å². The van der Waals surface area contributed by atoms with E-state index in [2.05, 4.69) is 0 Å². The van der Waals surface area contributed by atoms with E-state index in [1.165, 1.54) is 0 Å². The van der Waals surface area contributed by atoms with Gasteiger partial charge in [-0.15, -0.1) is 0 Å². The highest BCUT2D eigenvalue weighted by Gasteiger charge is 2.31. The summed E-state index contributed by atoms with van der Waals surface area (Å²) in [4.78, 5) is 0. The van der Waals surface area contributed by atoms with E-state index in [1.807, 2.05) is 0 Å². The van der Waals surface area contributed by atoms with Crippen LogP contribution in [0.4, 0.5) is 0 Å². The average molecular weight is 242 g/mol. The van der Waals surface area contributed by atoms with Gasteiger partial charge in [0.1, 0.15) is 0 Å². The van der Waals surface area contributed by atoms with Crippen molar-refractivity contribution in [2.24, 2.45) is 5.14 Å². The van der Waals surface area contributed by atoms with Crippen LogP contribution in [0.1, 0.15) is 12.8 Å². The maximum absolute atomic E-state index is 11.2. The minimum atomic E-state index is -3.75. The van der Waals surface area contributed by atoms with Crippen molar-refractivity contribution in [1.29, 1.82) is 0 Å². The molecule has 6 nitrogen and oxygen atoms in total. The monoisotopic (exact) mass is 242 g/mol. The van der Waals surface area contributed by atoms with E-state index in [-0.39, 0.29) is 6.54 Å². The van der Waals surface area contributed by atoms with E-state index in [4.69, 9.17) is 5.14 Å². The predicted octanol–water partition coefficient (Wildman–Crippen LogP) is -1.30. The molecule has 0 aliphatic carbocycles. The largest absolute Gasteiger partial charge is 0.276 e. The predicted molar refractivity (Wildman–Crippen MR) is 52.5 cm³/mol. The van der Waals surface area contributed by atoms with E-state index < -0.39 is 25.3 Å². The molecule has 1 aliphatic rings. The molecule has 1 fully saturated rings. The summed E-state index contributed by atoms with van der Waals surface area (Å²) in [5, 5.41) is 4.30. The number of nitrogens with zero attached hydrogens (tertiary/aromatic N) is 1. The molecule has 0 amide bonds. The van der Waals surface area contributed by atoms with E-state index in [0.717, 1.165) is 10.6 Å². The summed E-state index contributed by atoms with van der Waals surface area (Å²) in [7, 11) is -6.93. The molecule has 0 radical (unpaired) electrons. The van der Waals surface area contributed by atoms with Crippen molar-refractivity contribution in [3.63, 3.8) is 0 Å². The van der Waals surface area contributed by atoms with Crippen molar-refractivity contribution >= 4 is 20.0 Å². The summed E-state index contributed by atoms with van der Waals surface area (Å²) in [5.74, 6) is 0. The van der Waals surface area contributed by atoms with Crippen LogP contribution in [-0.2, 0) is 20.0 Å². The highest BCUT2D eigenvalue weighted by molar-refractivity contribution is 7.91. The Morgan fingerprint density at radius 2 is 1.86 bits per heavy atom. The van der Waals surface area contributed by atoms with Gasteiger partial charge in [-0.05, 0) is 12.8 Å². The molecule has 0 bridgehead atoms. The Morgan fingerprint density at radius 1 is 1.29 bits per heavy atom. The lowest BCUT2D eigenvalue weighted by atomic mass is 10.2. The van der Waals surface area contributed by atoms with Crippen LogP contribution in [0.3, 0.4) is 0 Å². The van der Waals surface area contributed by atoms with Crippen molar-refractivity contribution in [1.82, 2.24) is 4.31 Å². The third-order valence-corrected chi connectivity index (χ3v) is 4.95. The first-order valence-corrected chi connectivity index (χ1v) is 7.64. The van der Waals surface area contributed by atoms with E-state index >= 15 is 0 Å². The summed E-state index contributed by atoms with van der Waals surface area (Å²) in [5.41, 5.74) is 0. The summed E-state index contributed by atoms with van der Waals surface area (Å²) in [6, 6.07) is 0. The second-order valence-corrected chi connectivity index (χ2v) is 7.37. The fourth-order valence-electron chi connectivity index (χ4n) is 1.49. The topological polar surface area (TPSA) is 97.5 Å². The maximum atomic E-state index is 11.2. The molecule has 14 heavy (non-hydrogen) atoms. The van der Waals surface area contributed by atoms with Crippen LogP contribution in [0.15, 0.2) is 0 Å². The van der Waals surface area contributed by atoms with Crippen molar-refractivity contribution in [2.75, 3.05) is 19.3 Å². The Hall–Kier alpha value is -0.180. The van der Waals surface area contributed by atoms with Gasteiger partial charge in [0.15, 0.2) is 9.84 Å². The Morgan fingerprint density at radius 3 is 2.29 bits per heavy atom. The van der Waals surface area contributed by atoms with Gasteiger partial charge in [0.25, 0.3) is 10.2 Å². The molecule has 1 unspecified atom stereocenters. The zero-order chi connectivity index (χ0) is 11.0. The van der Waals surface area contributed by atoms with Gasteiger partial charge in [-0.25, -0.2) is 13.6 Å². The van der Waals surface area contributed by atoms with Gasteiger partial charge in [-0.2, -0.15) is 12.7 Å². The van der Waals surface area contributed by atoms with Crippen LogP contribution in [-0.4, -0.2) is 45.7 Å². The van der Waals surface area contributed by atoms with E-state index in [0.29, 0.717) is 19.4 Å². The summed E-state index contributed by atoms with van der Waals surface area (Å²) < 4.78 is 45.3. The molecule has 0 saturated carbocycles. The first-order valence-electron chi connectivity index (χ1n) is 4.18. The summed E-state index contributed by atoms with van der Waals surface area (Å²) in [6.07, 6.45) is 2.16. The lowest BCUT2D eigenvalue weighted by Crippen LogP contribution is -2.47. The number of piperidine rings is 1. The molecule has 0 aromatic rings. The van der Waals surface area contributed by atoms with Crippen molar-refractivity contribution in [3.8, 4) is 0 Å². The minimum Gasteiger partial charge on any atom is -0.229 e.